The SMILES string of the molecule is CC(C)C(NC(=O)Cc1ccc2ccccc2c1)C(=O)NCC1CCN(c2ccc(F)cc2)C1. The summed E-state index contributed by atoms with van der Waals surface area (Å²) >= 11 is 0. The van der Waals surface area contributed by atoms with Gasteiger partial charge in [-0.2, -0.15) is 0 Å². The Balaban J connectivity index is 1.28. The minimum absolute atomic E-state index is 0.0279. The van der Waals surface area contributed by atoms with E-state index in [4.69, 9.17) is 0 Å². The largest absolute Gasteiger partial charge is 0.371 e. The minimum Gasteiger partial charge on any atom is -0.371 e. The molecule has 1 heterocycles. The monoisotopic (exact) mass is 461 g/mol. The number of rotatable bonds is 8. The van der Waals surface area contributed by atoms with E-state index in [0.717, 1.165) is 41.5 Å². The second-order valence-corrected chi connectivity index (χ2v) is 9.47. The quantitative estimate of drug-likeness (QED) is 0.526. The molecule has 0 aliphatic carbocycles. The Kier molecular flexibility index (Phi) is 7.46. The molecule has 34 heavy (non-hydrogen) atoms. The zero-order valence-electron chi connectivity index (χ0n) is 19.8. The molecule has 1 aliphatic heterocycles. The predicted molar refractivity (Wildman–Crippen MR) is 134 cm³/mol. The van der Waals surface area contributed by atoms with Crippen molar-refractivity contribution in [2.45, 2.75) is 32.7 Å². The molecule has 1 aliphatic rings. The van der Waals surface area contributed by atoms with E-state index in [0.29, 0.717) is 12.5 Å². The van der Waals surface area contributed by atoms with E-state index in [9.17, 15) is 14.0 Å². The summed E-state index contributed by atoms with van der Waals surface area (Å²) in [6.45, 7) is 6.12. The van der Waals surface area contributed by atoms with Crippen LogP contribution in [-0.2, 0) is 16.0 Å². The van der Waals surface area contributed by atoms with Gasteiger partial charge in [-0.1, -0.05) is 56.3 Å². The maximum Gasteiger partial charge on any atom is 0.242 e. The zero-order valence-corrected chi connectivity index (χ0v) is 19.8. The highest BCUT2D eigenvalue weighted by Crippen LogP contribution is 2.23. The number of fused-ring (bicyclic) bond motifs is 1. The number of carbonyl (C=O) groups is 2. The molecule has 2 unspecified atom stereocenters. The first-order valence-electron chi connectivity index (χ1n) is 11.9. The van der Waals surface area contributed by atoms with Crippen LogP contribution in [0.1, 0.15) is 25.8 Å². The molecule has 0 aromatic heterocycles. The summed E-state index contributed by atoms with van der Waals surface area (Å²) in [4.78, 5) is 27.8. The first-order chi connectivity index (χ1) is 16.4. The summed E-state index contributed by atoms with van der Waals surface area (Å²) in [6, 6.07) is 20.0. The molecule has 3 aromatic rings. The first kappa shape index (κ1) is 23.7. The van der Waals surface area contributed by atoms with E-state index in [1.807, 2.05) is 56.3 Å². The molecule has 5 nitrogen and oxygen atoms in total. The second-order valence-electron chi connectivity index (χ2n) is 9.47. The number of benzene rings is 3. The molecule has 6 heteroatoms. The Morgan fingerprint density at radius 1 is 1.03 bits per heavy atom. The Morgan fingerprint density at radius 2 is 1.76 bits per heavy atom. The average molecular weight is 462 g/mol. The highest BCUT2D eigenvalue weighted by Gasteiger charge is 2.27. The van der Waals surface area contributed by atoms with Gasteiger partial charge in [0.2, 0.25) is 11.8 Å². The van der Waals surface area contributed by atoms with Crippen molar-refractivity contribution in [1.29, 1.82) is 0 Å². The molecule has 1 saturated heterocycles. The van der Waals surface area contributed by atoms with Crippen LogP contribution in [-0.4, -0.2) is 37.5 Å². The van der Waals surface area contributed by atoms with Crippen molar-refractivity contribution >= 4 is 28.3 Å². The fraction of sp³-hybridized carbons (Fsp3) is 0.357. The van der Waals surface area contributed by atoms with Crippen molar-refractivity contribution in [3.8, 4) is 0 Å². The normalized spacial score (nSPS) is 16.6. The van der Waals surface area contributed by atoms with E-state index >= 15 is 0 Å². The van der Waals surface area contributed by atoms with Gasteiger partial charge in [-0.3, -0.25) is 9.59 Å². The predicted octanol–water partition coefficient (Wildman–Crippen LogP) is 4.30. The number of carbonyl (C=O) groups excluding carboxylic acids is 2. The van der Waals surface area contributed by atoms with Crippen molar-refractivity contribution in [2.75, 3.05) is 24.5 Å². The highest BCUT2D eigenvalue weighted by molar-refractivity contribution is 5.89. The molecular weight excluding hydrogens is 429 g/mol. The molecular formula is C28H32FN3O2. The zero-order chi connectivity index (χ0) is 24.1. The Morgan fingerprint density at radius 3 is 2.50 bits per heavy atom. The van der Waals surface area contributed by atoms with Crippen molar-refractivity contribution in [3.05, 3.63) is 78.1 Å². The molecule has 1 fully saturated rings. The molecule has 178 valence electrons. The third-order valence-electron chi connectivity index (χ3n) is 6.49. The third kappa shape index (κ3) is 5.93. The van der Waals surface area contributed by atoms with Crippen LogP contribution in [0.25, 0.3) is 10.8 Å². The van der Waals surface area contributed by atoms with Gasteiger partial charge in [0.1, 0.15) is 11.9 Å². The fourth-order valence-electron chi connectivity index (χ4n) is 4.53. The number of amides is 2. The van der Waals surface area contributed by atoms with Gasteiger partial charge >= 0.3 is 0 Å². The second kappa shape index (κ2) is 10.7. The van der Waals surface area contributed by atoms with E-state index in [1.54, 1.807) is 12.1 Å². The topological polar surface area (TPSA) is 61.4 Å². The first-order valence-corrected chi connectivity index (χ1v) is 11.9. The number of nitrogens with zero attached hydrogens (tertiary/aromatic N) is 1. The van der Waals surface area contributed by atoms with Crippen LogP contribution in [0.3, 0.4) is 0 Å². The minimum atomic E-state index is -0.581. The van der Waals surface area contributed by atoms with Gasteiger partial charge < -0.3 is 15.5 Å². The van der Waals surface area contributed by atoms with Gasteiger partial charge in [0, 0.05) is 25.3 Å². The van der Waals surface area contributed by atoms with Gasteiger partial charge in [-0.25, -0.2) is 4.39 Å². The Bertz CT molecular complexity index is 1150. The number of hydrogen-bond acceptors (Lipinski definition) is 3. The van der Waals surface area contributed by atoms with Crippen LogP contribution in [0.2, 0.25) is 0 Å². The maximum absolute atomic E-state index is 13.2. The molecule has 3 aromatic carbocycles. The smallest absolute Gasteiger partial charge is 0.242 e. The van der Waals surface area contributed by atoms with Gasteiger partial charge in [-0.05, 0) is 58.9 Å². The number of halogens is 1. The molecule has 0 saturated carbocycles. The van der Waals surface area contributed by atoms with E-state index in [1.165, 1.54) is 12.1 Å². The average Bonchev–Trinajstić information content (AvgIpc) is 3.30. The summed E-state index contributed by atoms with van der Waals surface area (Å²) in [7, 11) is 0. The van der Waals surface area contributed by atoms with Crippen molar-refractivity contribution in [1.82, 2.24) is 10.6 Å². The summed E-state index contributed by atoms with van der Waals surface area (Å²) in [6.07, 6.45) is 1.19. The number of nitrogens with one attached hydrogen (secondary N) is 2. The van der Waals surface area contributed by atoms with E-state index in [-0.39, 0.29) is 30.0 Å². The van der Waals surface area contributed by atoms with Crippen LogP contribution in [0.5, 0.6) is 0 Å². The summed E-state index contributed by atoms with van der Waals surface area (Å²) in [5, 5.41) is 8.20. The number of hydrogen-bond donors (Lipinski definition) is 2. The van der Waals surface area contributed by atoms with Gasteiger partial charge in [0.25, 0.3) is 0 Å². The molecule has 0 spiro atoms. The third-order valence-corrected chi connectivity index (χ3v) is 6.49. The van der Waals surface area contributed by atoms with Gasteiger partial charge in [-0.15, -0.1) is 0 Å². The van der Waals surface area contributed by atoms with Crippen LogP contribution >= 0.6 is 0 Å². The maximum atomic E-state index is 13.2. The molecule has 4 rings (SSSR count). The lowest BCUT2D eigenvalue weighted by Crippen LogP contribution is -2.51. The fourth-order valence-corrected chi connectivity index (χ4v) is 4.53. The van der Waals surface area contributed by atoms with Gasteiger partial charge in [0.05, 0.1) is 6.42 Å². The Labute approximate surface area is 200 Å². The lowest BCUT2D eigenvalue weighted by atomic mass is 10.0. The van der Waals surface area contributed by atoms with E-state index < -0.39 is 6.04 Å². The molecule has 2 atom stereocenters. The molecule has 2 amide bonds. The summed E-state index contributed by atoms with van der Waals surface area (Å²) < 4.78 is 13.2. The van der Waals surface area contributed by atoms with Gasteiger partial charge in [0.15, 0.2) is 0 Å². The van der Waals surface area contributed by atoms with Crippen molar-refractivity contribution < 1.29 is 14.0 Å². The van der Waals surface area contributed by atoms with E-state index in [2.05, 4.69) is 15.5 Å². The molecule has 0 radical (unpaired) electrons. The summed E-state index contributed by atoms with van der Waals surface area (Å²) in [5.74, 6) is -0.265. The lowest BCUT2D eigenvalue weighted by Gasteiger charge is -2.23. The molecule has 0 bridgehead atoms. The summed E-state index contributed by atoms with van der Waals surface area (Å²) in [5.41, 5.74) is 1.92. The van der Waals surface area contributed by atoms with Crippen LogP contribution in [0, 0.1) is 17.7 Å². The standard InChI is InChI=1S/C28H32FN3O2/c1-19(2)27(31-26(33)16-20-7-8-22-5-3-4-6-23(22)15-20)28(34)30-17-21-13-14-32(18-21)25-11-9-24(29)10-12-25/h3-12,15,19,21,27H,13-14,16-18H2,1-2H3,(H,30,34)(H,31,33). The Hall–Kier alpha value is -3.41. The lowest BCUT2D eigenvalue weighted by molar-refractivity contribution is -0.129. The molecule has 2 N–H and O–H groups in total. The number of anilines is 1. The van der Waals surface area contributed by atoms with Crippen LogP contribution < -0.4 is 15.5 Å². The van der Waals surface area contributed by atoms with Crippen molar-refractivity contribution in [3.63, 3.8) is 0 Å². The van der Waals surface area contributed by atoms with Crippen LogP contribution in [0.4, 0.5) is 10.1 Å². The van der Waals surface area contributed by atoms with Crippen LogP contribution in [0.15, 0.2) is 66.7 Å². The van der Waals surface area contributed by atoms with Crippen molar-refractivity contribution in [2.24, 2.45) is 11.8 Å². The highest BCUT2D eigenvalue weighted by atomic mass is 19.1.